The Bertz CT molecular complexity index is 261. The van der Waals surface area contributed by atoms with Crippen LogP contribution in [0.4, 0.5) is 0 Å². The first-order chi connectivity index (χ1) is 10.3. The molecule has 0 N–H and O–H groups in total. The summed E-state index contributed by atoms with van der Waals surface area (Å²) in [6, 6.07) is 0. The van der Waals surface area contributed by atoms with Gasteiger partial charge in [-0.1, -0.05) is 79.9 Å². The lowest BCUT2D eigenvalue weighted by Crippen LogP contribution is -2.13. The predicted molar refractivity (Wildman–Crippen MR) is 103 cm³/mol. The van der Waals surface area contributed by atoms with E-state index in [-0.39, 0.29) is 0 Å². The van der Waals surface area contributed by atoms with E-state index in [0.717, 1.165) is 29.6 Å². The summed E-state index contributed by atoms with van der Waals surface area (Å²) in [6.45, 7) is 16.6. The van der Waals surface area contributed by atoms with Crippen LogP contribution in [0.1, 0.15) is 99.8 Å². The van der Waals surface area contributed by atoms with E-state index in [9.17, 15) is 0 Å². The van der Waals surface area contributed by atoms with Crippen molar-refractivity contribution in [3.8, 4) is 0 Å². The Morgan fingerprint density at radius 3 is 1.86 bits per heavy atom. The van der Waals surface area contributed by atoms with Gasteiger partial charge in [0.1, 0.15) is 0 Å². The second-order valence-corrected chi connectivity index (χ2v) is 8.62. The fraction of sp³-hybridized carbons (Fsp3) is 0.909. The molecule has 0 nitrogen and oxygen atoms in total. The number of rotatable bonds is 13. The highest BCUT2D eigenvalue weighted by Gasteiger charge is 2.17. The fourth-order valence-electron chi connectivity index (χ4n) is 3.68. The van der Waals surface area contributed by atoms with Crippen LogP contribution in [0, 0.1) is 29.6 Å². The lowest BCUT2D eigenvalue weighted by molar-refractivity contribution is 0.269. The Balaban J connectivity index is 4.23. The molecule has 0 aliphatic heterocycles. The molecule has 0 radical (unpaired) electrons. The Morgan fingerprint density at radius 2 is 1.32 bits per heavy atom. The van der Waals surface area contributed by atoms with Gasteiger partial charge in [0.25, 0.3) is 0 Å². The minimum atomic E-state index is 0.839. The Labute approximate surface area is 142 Å². The van der Waals surface area contributed by atoms with Crippen LogP contribution < -0.4 is 0 Å². The molecule has 0 fully saturated rings. The summed E-state index contributed by atoms with van der Waals surface area (Å²) in [5.74, 6) is 4.38. The topological polar surface area (TPSA) is 0 Å². The largest absolute Gasteiger partial charge is 0.0888 e. The molecule has 0 spiro atoms. The van der Waals surface area contributed by atoms with E-state index in [4.69, 9.17) is 0 Å². The van der Waals surface area contributed by atoms with Crippen LogP contribution in [0.25, 0.3) is 0 Å². The van der Waals surface area contributed by atoms with Crippen LogP contribution in [-0.4, -0.2) is 0 Å². The van der Waals surface area contributed by atoms with Crippen molar-refractivity contribution in [3.63, 3.8) is 0 Å². The molecule has 3 unspecified atom stereocenters. The van der Waals surface area contributed by atoms with Gasteiger partial charge in [0, 0.05) is 0 Å². The number of allylic oxidation sites excluding steroid dienone is 2. The van der Waals surface area contributed by atoms with Gasteiger partial charge in [-0.05, 0) is 61.7 Å². The quantitative estimate of drug-likeness (QED) is 0.303. The van der Waals surface area contributed by atoms with E-state index in [0.29, 0.717) is 0 Å². The van der Waals surface area contributed by atoms with Crippen molar-refractivity contribution in [1.82, 2.24) is 0 Å². The van der Waals surface area contributed by atoms with E-state index in [1.54, 1.807) is 0 Å². The van der Waals surface area contributed by atoms with Crippen LogP contribution in [0.5, 0.6) is 0 Å². The molecule has 0 aromatic carbocycles. The number of hydrogen-bond acceptors (Lipinski definition) is 0. The van der Waals surface area contributed by atoms with Crippen molar-refractivity contribution in [1.29, 1.82) is 0 Å². The molecule has 0 aromatic heterocycles. The standard InChI is InChI=1S/C22H44/c1-8-9-10-13-20(6)16-22(15-19(4)5)17-21(7)14-11-12-18(2)3/h9-10,18-22H,8,11-17H2,1-7H3. The van der Waals surface area contributed by atoms with Crippen LogP contribution in [0.3, 0.4) is 0 Å². The third kappa shape index (κ3) is 13.4. The third-order valence-electron chi connectivity index (χ3n) is 4.70. The minimum Gasteiger partial charge on any atom is -0.0888 e. The summed E-state index contributed by atoms with van der Waals surface area (Å²) < 4.78 is 0. The Hall–Kier alpha value is -0.260. The van der Waals surface area contributed by atoms with Crippen molar-refractivity contribution >= 4 is 0 Å². The molecule has 0 saturated carbocycles. The molecule has 0 heterocycles. The summed E-state index contributed by atoms with van der Waals surface area (Å²) in [5.41, 5.74) is 0. The second-order valence-electron chi connectivity index (χ2n) is 8.62. The second kappa shape index (κ2) is 13.2. The highest BCUT2D eigenvalue weighted by Crippen LogP contribution is 2.30. The minimum absolute atomic E-state index is 0.839. The molecule has 3 atom stereocenters. The van der Waals surface area contributed by atoms with Gasteiger partial charge in [-0.2, -0.15) is 0 Å². The molecule has 0 aliphatic rings. The molecule has 0 amide bonds. The maximum Gasteiger partial charge on any atom is -0.0325 e. The molecule has 132 valence electrons. The van der Waals surface area contributed by atoms with Gasteiger partial charge in [0.2, 0.25) is 0 Å². The maximum atomic E-state index is 2.48. The summed E-state index contributed by atoms with van der Waals surface area (Å²) in [6.07, 6.45) is 15.7. The molecular weight excluding hydrogens is 264 g/mol. The third-order valence-corrected chi connectivity index (χ3v) is 4.70. The van der Waals surface area contributed by atoms with Gasteiger partial charge in [-0.15, -0.1) is 0 Å². The lowest BCUT2D eigenvalue weighted by Gasteiger charge is -2.25. The monoisotopic (exact) mass is 308 g/mol. The van der Waals surface area contributed by atoms with Crippen molar-refractivity contribution in [2.24, 2.45) is 29.6 Å². The molecule has 0 heteroatoms. The van der Waals surface area contributed by atoms with Gasteiger partial charge in [-0.25, -0.2) is 0 Å². The van der Waals surface area contributed by atoms with E-state index >= 15 is 0 Å². The summed E-state index contributed by atoms with van der Waals surface area (Å²) >= 11 is 0. The predicted octanol–water partition coefficient (Wildman–Crippen LogP) is 7.88. The first kappa shape index (κ1) is 21.7. The fourth-order valence-corrected chi connectivity index (χ4v) is 3.68. The van der Waals surface area contributed by atoms with Gasteiger partial charge in [-0.3, -0.25) is 0 Å². The van der Waals surface area contributed by atoms with E-state index in [1.807, 2.05) is 0 Å². The van der Waals surface area contributed by atoms with Crippen LogP contribution >= 0.6 is 0 Å². The molecule has 0 saturated heterocycles. The Morgan fingerprint density at radius 1 is 0.682 bits per heavy atom. The van der Waals surface area contributed by atoms with Gasteiger partial charge >= 0.3 is 0 Å². The Kier molecular flexibility index (Phi) is 13.0. The molecule has 0 aliphatic carbocycles. The zero-order valence-electron chi connectivity index (χ0n) is 16.7. The molecule has 0 aromatic rings. The maximum absolute atomic E-state index is 2.48. The average molecular weight is 309 g/mol. The highest BCUT2D eigenvalue weighted by molar-refractivity contribution is 4.82. The summed E-state index contributed by atoms with van der Waals surface area (Å²) in [4.78, 5) is 0. The first-order valence-corrected chi connectivity index (χ1v) is 10.00. The van der Waals surface area contributed by atoms with Crippen molar-refractivity contribution < 1.29 is 0 Å². The summed E-state index contributed by atoms with van der Waals surface area (Å²) in [7, 11) is 0. The van der Waals surface area contributed by atoms with Gasteiger partial charge in [0.15, 0.2) is 0 Å². The molecular formula is C22H44. The molecule has 0 rings (SSSR count). The smallest absolute Gasteiger partial charge is 0.0325 e. The van der Waals surface area contributed by atoms with Crippen molar-refractivity contribution in [2.45, 2.75) is 99.8 Å². The van der Waals surface area contributed by atoms with Crippen molar-refractivity contribution in [3.05, 3.63) is 12.2 Å². The van der Waals surface area contributed by atoms with E-state index in [2.05, 4.69) is 60.6 Å². The van der Waals surface area contributed by atoms with Gasteiger partial charge in [0.05, 0.1) is 0 Å². The van der Waals surface area contributed by atoms with E-state index < -0.39 is 0 Å². The molecule has 0 bridgehead atoms. The van der Waals surface area contributed by atoms with Crippen LogP contribution in [-0.2, 0) is 0 Å². The van der Waals surface area contributed by atoms with Crippen LogP contribution in [0.2, 0.25) is 0 Å². The normalized spacial score (nSPS) is 16.6. The van der Waals surface area contributed by atoms with Crippen LogP contribution in [0.15, 0.2) is 12.2 Å². The van der Waals surface area contributed by atoms with Gasteiger partial charge < -0.3 is 0 Å². The zero-order valence-corrected chi connectivity index (χ0v) is 16.7. The van der Waals surface area contributed by atoms with E-state index in [1.165, 1.54) is 51.4 Å². The first-order valence-electron chi connectivity index (χ1n) is 10.00. The summed E-state index contributed by atoms with van der Waals surface area (Å²) in [5, 5.41) is 0. The SMILES string of the molecule is CCC=CCC(C)CC(CC(C)C)CC(C)CCCC(C)C. The average Bonchev–Trinajstić information content (AvgIpc) is 2.37. The molecule has 22 heavy (non-hydrogen) atoms. The highest BCUT2D eigenvalue weighted by atomic mass is 14.2. The van der Waals surface area contributed by atoms with Crippen molar-refractivity contribution in [2.75, 3.05) is 0 Å². The lowest BCUT2D eigenvalue weighted by atomic mass is 9.81. The number of hydrogen-bond donors (Lipinski definition) is 0. The zero-order chi connectivity index (χ0) is 17.0.